The minimum absolute atomic E-state index is 0.105. The third-order valence-corrected chi connectivity index (χ3v) is 6.92. The number of carbonyl (C=O) groups excluding carboxylic acids is 1. The lowest BCUT2D eigenvalue weighted by Crippen LogP contribution is -2.47. The minimum Gasteiger partial charge on any atom is -0.493 e. The van der Waals surface area contributed by atoms with Crippen LogP contribution in [0.5, 0.6) is 5.75 Å². The van der Waals surface area contributed by atoms with Crippen molar-refractivity contribution in [3.63, 3.8) is 0 Å². The number of ether oxygens (including phenoxy) is 1. The van der Waals surface area contributed by atoms with Crippen molar-refractivity contribution in [3.05, 3.63) is 23.2 Å². The van der Waals surface area contributed by atoms with Crippen LogP contribution in [0.4, 0.5) is 5.69 Å². The van der Waals surface area contributed by atoms with E-state index in [1.54, 1.807) is 7.11 Å². The molecule has 1 aromatic rings. The highest BCUT2D eigenvalue weighted by atomic mass is 35.5. The molecule has 31 heavy (non-hydrogen) atoms. The molecule has 0 bridgehead atoms. The first-order valence-electron chi connectivity index (χ1n) is 11.6. The molecule has 0 aromatic heterocycles. The van der Waals surface area contributed by atoms with Crippen molar-refractivity contribution < 1.29 is 9.53 Å². The Balaban J connectivity index is 1.33. The second kappa shape index (κ2) is 12.2. The molecule has 3 rings (SSSR count). The van der Waals surface area contributed by atoms with Crippen LogP contribution in [-0.2, 0) is 4.79 Å². The van der Waals surface area contributed by atoms with E-state index >= 15 is 0 Å². The second-order valence-corrected chi connectivity index (χ2v) is 9.11. The van der Waals surface area contributed by atoms with Crippen molar-refractivity contribution >= 4 is 23.2 Å². The molecule has 2 fully saturated rings. The largest absolute Gasteiger partial charge is 0.493 e. The summed E-state index contributed by atoms with van der Waals surface area (Å²) in [6, 6.07) is 8.35. The molecule has 1 saturated heterocycles. The van der Waals surface area contributed by atoms with Gasteiger partial charge in [0.2, 0.25) is 5.91 Å². The first kappa shape index (κ1) is 23.7. The van der Waals surface area contributed by atoms with Gasteiger partial charge in [0, 0.05) is 45.1 Å². The number of anilines is 1. The molecule has 0 radical (unpaired) electrons. The first-order chi connectivity index (χ1) is 15.1. The van der Waals surface area contributed by atoms with Crippen LogP contribution in [0.1, 0.15) is 51.4 Å². The van der Waals surface area contributed by atoms with Gasteiger partial charge >= 0.3 is 0 Å². The third-order valence-electron chi connectivity index (χ3n) is 6.62. The highest BCUT2D eigenvalue weighted by Gasteiger charge is 2.24. The van der Waals surface area contributed by atoms with Gasteiger partial charge in [-0.25, -0.2) is 0 Å². The van der Waals surface area contributed by atoms with Crippen LogP contribution in [0.15, 0.2) is 18.2 Å². The summed E-state index contributed by atoms with van der Waals surface area (Å²) in [7, 11) is 1.68. The van der Waals surface area contributed by atoms with E-state index in [2.05, 4.69) is 27.3 Å². The van der Waals surface area contributed by atoms with Crippen LogP contribution in [0.25, 0.3) is 0 Å². The van der Waals surface area contributed by atoms with E-state index in [9.17, 15) is 4.79 Å². The van der Waals surface area contributed by atoms with Gasteiger partial charge in [-0.3, -0.25) is 9.69 Å². The quantitative estimate of drug-likeness (QED) is 0.575. The fraction of sp³-hybridized carbons (Fsp3) is 0.667. The molecule has 1 aromatic carbocycles. The van der Waals surface area contributed by atoms with Crippen LogP contribution in [0.3, 0.4) is 0 Å². The number of para-hydroxylation sites is 1. The van der Waals surface area contributed by atoms with Crippen molar-refractivity contribution in [3.8, 4) is 11.8 Å². The number of unbranched alkanes of at least 4 members (excludes halogenated alkanes) is 1. The average Bonchev–Trinajstić information content (AvgIpc) is 2.79. The topological polar surface area (TPSA) is 68.6 Å². The predicted octanol–water partition coefficient (Wildman–Crippen LogP) is 4.23. The molecule has 0 spiro atoms. The summed E-state index contributed by atoms with van der Waals surface area (Å²) in [5.74, 6) is 1.64. The predicted molar refractivity (Wildman–Crippen MR) is 125 cm³/mol. The molecule has 6 nitrogen and oxygen atoms in total. The molecule has 1 aliphatic heterocycles. The van der Waals surface area contributed by atoms with Crippen LogP contribution in [-0.4, -0.2) is 56.7 Å². The zero-order chi connectivity index (χ0) is 22.1. The number of methoxy groups -OCH3 is 1. The van der Waals surface area contributed by atoms with Crippen LogP contribution in [0.2, 0.25) is 5.02 Å². The van der Waals surface area contributed by atoms with Crippen molar-refractivity contribution in [2.24, 2.45) is 5.92 Å². The molecule has 2 aliphatic rings. The molecule has 1 saturated carbocycles. The highest BCUT2D eigenvalue weighted by molar-refractivity contribution is 6.32. The number of nitrogens with one attached hydrogen (secondary N) is 1. The summed E-state index contributed by atoms with van der Waals surface area (Å²) in [5.41, 5.74) is 1.09. The van der Waals surface area contributed by atoms with Gasteiger partial charge in [0.1, 0.15) is 0 Å². The maximum Gasteiger partial charge on any atom is 0.220 e. The van der Waals surface area contributed by atoms with Gasteiger partial charge in [0.15, 0.2) is 5.75 Å². The zero-order valence-corrected chi connectivity index (χ0v) is 19.4. The minimum atomic E-state index is 0.105. The Hall–Kier alpha value is -1.97. The number of amides is 1. The fourth-order valence-corrected chi connectivity index (χ4v) is 5.00. The van der Waals surface area contributed by atoms with Gasteiger partial charge in [-0.15, -0.1) is 0 Å². The molecule has 1 N–H and O–H groups in total. The summed E-state index contributed by atoms with van der Waals surface area (Å²) < 4.78 is 5.51. The van der Waals surface area contributed by atoms with E-state index in [0.29, 0.717) is 30.3 Å². The second-order valence-electron chi connectivity index (χ2n) is 8.71. The van der Waals surface area contributed by atoms with Gasteiger partial charge in [-0.2, -0.15) is 5.26 Å². The number of halogens is 1. The van der Waals surface area contributed by atoms with Crippen molar-refractivity contribution in [1.29, 1.82) is 5.26 Å². The lowest BCUT2D eigenvalue weighted by molar-refractivity contribution is -0.122. The highest BCUT2D eigenvalue weighted by Crippen LogP contribution is 2.35. The van der Waals surface area contributed by atoms with E-state index in [4.69, 9.17) is 21.6 Å². The van der Waals surface area contributed by atoms with Gasteiger partial charge in [0.05, 0.1) is 23.9 Å². The molecule has 1 heterocycles. The van der Waals surface area contributed by atoms with Gasteiger partial charge in [0.25, 0.3) is 0 Å². The fourth-order valence-electron chi connectivity index (χ4n) is 4.75. The lowest BCUT2D eigenvalue weighted by Gasteiger charge is -2.37. The summed E-state index contributed by atoms with van der Waals surface area (Å²) in [4.78, 5) is 16.9. The number of carbonyl (C=O) groups is 1. The van der Waals surface area contributed by atoms with Crippen LogP contribution < -0.4 is 15.0 Å². The number of nitrogens with zero attached hydrogens (tertiary/aromatic N) is 3. The SMILES string of the molecule is COc1c(Cl)cccc1N1CCN(CCC2CCC(NC(=O)CCCC#N)CC2)CC1. The zero-order valence-electron chi connectivity index (χ0n) is 18.6. The van der Waals surface area contributed by atoms with Crippen LogP contribution >= 0.6 is 11.6 Å². The van der Waals surface area contributed by atoms with E-state index < -0.39 is 0 Å². The van der Waals surface area contributed by atoms with Crippen molar-refractivity contribution in [2.45, 2.75) is 57.4 Å². The van der Waals surface area contributed by atoms with E-state index in [1.165, 1.54) is 19.3 Å². The van der Waals surface area contributed by atoms with E-state index in [-0.39, 0.29) is 5.91 Å². The van der Waals surface area contributed by atoms with Crippen LogP contribution in [0, 0.1) is 17.2 Å². The molecule has 170 valence electrons. The van der Waals surface area contributed by atoms with E-state index in [0.717, 1.165) is 62.9 Å². The number of hydrogen-bond acceptors (Lipinski definition) is 5. The standard InChI is InChI=1S/C24H35ClN4O2/c1-31-24-21(25)5-4-6-22(24)29-17-15-28(16-18-29)14-12-19-8-10-20(11-9-19)27-23(30)7-2-3-13-26/h4-6,19-20H,2-3,7-12,14-18H2,1H3,(H,27,30). The summed E-state index contributed by atoms with van der Waals surface area (Å²) in [5, 5.41) is 12.4. The Morgan fingerprint density at radius 2 is 1.97 bits per heavy atom. The molecule has 0 unspecified atom stereocenters. The number of piperazine rings is 1. The Bertz CT molecular complexity index is 750. The molecule has 7 heteroatoms. The van der Waals surface area contributed by atoms with Crippen molar-refractivity contribution in [1.82, 2.24) is 10.2 Å². The summed E-state index contributed by atoms with van der Waals surface area (Å²) in [6.07, 6.45) is 7.39. The maximum atomic E-state index is 11.9. The third kappa shape index (κ3) is 7.02. The normalized spacial score (nSPS) is 22.0. The molecule has 0 atom stereocenters. The molecule has 1 aliphatic carbocycles. The van der Waals surface area contributed by atoms with Gasteiger partial charge in [-0.1, -0.05) is 17.7 Å². The summed E-state index contributed by atoms with van der Waals surface area (Å²) >= 11 is 6.28. The molecular weight excluding hydrogens is 412 g/mol. The summed E-state index contributed by atoms with van der Waals surface area (Å²) in [6.45, 7) is 5.24. The first-order valence-corrected chi connectivity index (χ1v) is 11.9. The number of hydrogen-bond donors (Lipinski definition) is 1. The van der Waals surface area contributed by atoms with Gasteiger partial charge in [-0.05, 0) is 63.1 Å². The maximum absolute atomic E-state index is 11.9. The van der Waals surface area contributed by atoms with Gasteiger partial charge < -0.3 is 15.0 Å². The lowest BCUT2D eigenvalue weighted by atomic mass is 9.84. The number of rotatable bonds is 9. The Morgan fingerprint density at radius 3 is 2.65 bits per heavy atom. The molecular formula is C24H35ClN4O2. The average molecular weight is 447 g/mol. The number of nitriles is 1. The van der Waals surface area contributed by atoms with E-state index in [1.807, 2.05) is 12.1 Å². The number of benzene rings is 1. The molecule has 1 amide bonds. The Kier molecular flexibility index (Phi) is 9.30. The van der Waals surface area contributed by atoms with Crippen molar-refractivity contribution in [2.75, 3.05) is 44.7 Å². The smallest absolute Gasteiger partial charge is 0.220 e. The Labute approximate surface area is 191 Å². The monoisotopic (exact) mass is 446 g/mol. The Morgan fingerprint density at radius 1 is 1.23 bits per heavy atom.